The van der Waals surface area contributed by atoms with Gasteiger partial charge in [-0.3, -0.25) is 19.2 Å². The second kappa shape index (κ2) is 6.15. The van der Waals surface area contributed by atoms with Crippen molar-refractivity contribution in [2.45, 2.75) is 0 Å². The van der Waals surface area contributed by atoms with Gasteiger partial charge in [-0.05, 0) is 60.7 Å². The first-order valence-corrected chi connectivity index (χ1v) is 8.83. The first-order chi connectivity index (χ1) is 14.4. The van der Waals surface area contributed by atoms with Gasteiger partial charge in [-0.25, -0.2) is 17.9 Å². The van der Waals surface area contributed by atoms with Crippen LogP contribution in [0.1, 0.15) is 0 Å². The van der Waals surface area contributed by atoms with Crippen molar-refractivity contribution < 1.29 is 8.78 Å². The number of benzene rings is 3. The molecule has 146 valence electrons. The molecule has 6 nitrogen and oxygen atoms in total. The van der Waals surface area contributed by atoms with Gasteiger partial charge in [-0.15, -0.1) is 0 Å². The highest BCUT2D eigenvalue weighted by Crippen LogP contribution is 2.17. The average Bonchev–Trinajstić information content (AvgIpc) is 3.13. The number of hydrogen-bond donors (Lipinski definition) is 0. The van der Waals surface area contributed by atoms with Crippen LogP contribution in [0.2, 0.25) is 0 Å². The van der Waals surface area contributed by atoms with Crippen LogP contribution in [0.3, 0.4) is 0 Å². The second-order valence-corrected chi connectivity index (χ2v) is 6.79. The van der Waals surface area contributed by atoms with E-state index in [-0.39, 0.29) is 32.9 Å². The van der Waals surface area contributed by atoms with Crippen LogP contribution in [0.15, 0.2) is 79.8 Å². The van der Waals surface area contributed by atoms with E-state index in [1.807, 2.05) is 0 Å². The summed E-state index contributed by atoms with van der Waals surface area (Å²) in [6.07, 6.45) is 0. The van der Waals surface area contributed by atoms with Gasteiger partial charge >= 0.3 is 0 Å². The van der Waals surface area contributed by atoms with Crippen molar-refractivity contribution in [2.24, 2.45) is 0 Å². The van der Waals surface area contributed by atoms with Crippen molar-refractivity contribution in [2.75, 3.05) is 0 Å². The summed E-state index contributed by atoms with van der Waals surface area (Å²) in [5.41, 5.74) is -2.36. The van der Waals surface area contributed by atoms with Gasteiger partial charge in [-0.1, -0.05) is 0 Å². The quantitative estimate of drug-likeness (QED) is 0.452. The molecule has 0 bridgehead atoms. The molecule has 0 saturated heterocycles. The Bertz CT molecular complexity index is 1470. The van der Waals surface area contributed by atoms with Crippen LogP contribution in [-0.4, -0.2) is 9.13 Å². The van der Waals surface area contributed by atoms with E-state index >= 15 is 0 Å². The molecule has 0 atom stereocenters. The molecule has 5 rings (SSSR count). The highest BCUT2D eigenvalue weighted by Gasteiger charge is 2.20. The van der Waals surface area contributed by atoms with E-state index < -0.39 is 33.9 Å². The van der Waals surface area contributed by atoms with Crippen LogP contribution < -0.4 is 22.2 Å². The van der Waals surface area contributed by atoms with E-state index in [4.69, 9.17) is 0 Å². The fourth-order valence-corrected chi connectivity index (χ4v) is 3.62. The number of hydrogen-bond acceptors (Lipinski definition) is 4. The Morgan fingerprint density at radius 1 is 0.467 bits per heavy atom. The molecule has 0 fully saturated rings. The Morgan fingerprint density at radius 2 is 0.733 bits per heavy atom. The van der Waals surface area contributed by atoms with Gasteiger partial charge < -0.3 is 0 Å². The number of halogens is 2. The SMILES string of the molecule is O=c1c2cc3c(=O)n(-c4ccc(F)cc4)c(=O)c3cc2c(=O)n1-c1ccc(F)cc1. The maximum Gasteiger partial charge on any atom is 0.266 e. The molecular weight excluding hydrogens is 394 g/mol. The van der Waals surface area contributed by atoms with Crippen LogP contribution in [-0.2, 0) is 0 Å². The fourth-order valence-electron chi connectivity index (χ4n) is 3.62. The van der Waals surface area contributed by atoms with Crippen LogP contribution >= 0.6 is 0 Å². The summed E-state index contributed by atoms with van der Waals surface area (Å²) in [4.78, 5) is 51.3. The highest BCUT2D eigenvalue weighted by atomic mass is 19.1. The average molecular weight is 404 g/mol. The minimum Gasteiger partial charge on any atom is -0.268 e. The summed E-state index contributed by atoms with van der Waals surface area (Å²) < 4.78 is 28.1. The van der Waals surface area contributed by atoms with Crippen molar-refractivity contribution in [1.82, 2.24) is 9.13 Å². The molecule has 30 heavy (non-hydrogen) atoms. The Morgan fingerprint density at radius 3 is 1.00 bits per heavy atom. The van der Waals surface area contributed by atoms with Crippen LogP contribution in [0.4, 0.5) is 8.78 Å². The minimum atomic E-state index is -0.676. The van der Waals surface area contributed by atoms with Gasteiger partial charge in [0.05, 0.1) is 32.9 Å². The second-order valence-electron chi connectivity index (χ2n) is 6.79. The lowest BCUT2D eigenvalue weighted by Crippen LogP contribution is -2.24. The third-order valence-corrected chi connectivity index (χ3v) is 5.06. The molecular formula is C22H10F2N2O4. The summed E-state index contributed by atoms with van der Waals surface area (Å²) in [5.74, 6) is -1.04. The molecule has 0 N–H and O–H groups in total. The van der Waals surface area contributed by atoms with E-state index in [2.05, 4.69) is 0 Å². The zero-order chi connectivity index (χ0) is 21.2. The van der Waals surface area contributed by atoms with Gasteiger partial charge in [0.15, 0.2) is 0 Å². The third-order valence-electron chi connectivity index (χ3n) is 5.06. The lowest BCUT2D eigenvalue weighted by Gasteiger charge is -1.99. The van der Waals surface area contributed by atoms with E-state index in [0.717, 1.165) is 33.4 Å². The van der Waals surface area contributed by atoms with Gasteiger partial charge in [0.2, 0.25) is 0 Å². The van der Waals surface area contributed by atoms with Crippen molar-refractivity contribution in [3.63, 3.8) is 0 Å². The predicted octanol–water partition coefficient (Wildman–Crippen LogP) is 2.17. The van der Waals surface area contributed by atoms with Crippen molar-refractivity contribution in [1.29, 1.82) is 0 Å². The Balaban J connectivity index is 1.83. The Labute approximate surface area is 165 Å². The van der Waals surface area contributed by atoms with Gasteiger partial charge in [0.25, 0.3) is 22.2 Å². The number of rotatable bonds is 2. The Hall–Kier alpha value is -4.20. The molecule has 0 amide bonds. The zero-order valence-electron chi connectivity index (χ0n) is 15.1. The normalized spacial score (nSPS) is 11.5. The van der Waals surface area contributed by atoms with Crippen LogP contribution in [0, 0.1) is 11.6 Å². The minimum absolute atomic E-state index is 0.0230. The zero-order valence-corrected chi connectivity index (χ0v) is 15.1. The summed E-state index contributed by atoms with van der Waals surface area (Å²) in [6.45, 7) is 0. The Kier molecular flexibility index (Phi) is 3.66. The maximum atomic E-state index is 13.2. The lowest BCUT2D eigenvalue weighted by atomic mass is 10.1. The standard InChI is InChI=1S/C22H10F2N2O4/c23-11-1-5-13(6-2-11)25-19(27)15-9-17-18(10-16(15)20(25)28)22(30)26(21(17)29)14-7-3-12(24)4-8-14/h1-10H. The first-order valence-electron chi connectivity index (χ1n) is 8.83. The first kappa shape index (κ1) is 17.9. The molecule has 2 heterocycles. The molecule has 0 unspecified atom stereocenters. The van der Waals surface area contributed by atoms with E-state index in [1.165, 1.54) is 36.4 Å². The number of fused-ring (bicyclic) bond motifs is 2. The van der Waals surface area contributed by atoms with Crippen molar-refractivity contribution in [3.05, 3.63) is 114 Å². The summed E-state index contributed by atoms with van der Waals surface area (Å²) in [5, 5.41) is -0.0919. The van der Waals surface area contributed by atoms with Gasteiger partial charge in [-0.2, -0.15) is 0 Å². The van der Waals surface area contributed by atoms with E-state index in [9.17, 15) is 28.0 Å². The van der Waals surface area contributed by atoms with Gasteiger partial charge in [0.1, 0.15) is 11.6 Å². The maximum absolute atomic E-state index is 13.2. The van der Waals surface area contributed by atoms with E-state index in [0.29, 0.717) is 0 Å². The smallest absolute Gasteiger partial charge is 0.266 e. The summed E-state index contributed by atoms with van der Waals surface area (Å²) in [6, 6.07) is 12.1. The molecule has 0 aliphatic rings. The molecule has 0 spiro atoms. The monoisotopic (exact) mass is 404 g/mol. The molecule has 8 heteroatoms. The summed E-state index contributed by atoms with van der Waals surface area (Å²) >= 11 is 0. The summed E-state index contributed by atoms with van der Waals surface area (Å²) in [7, 11) is 0. The third kappa shape index (κ3) is 2.40. The van der Waals surface area contributed by atoms with Gasteiger partial charge in [0, 0.05) is 0 Å². The molecule has 3 aromatic carbocycles. The fraction of sp³-hybridized carbons (Fsp3) is 0. The molecule has 0 saturated carbocycles. The highest BCUT2D eigenvalue weighted by molar-refractivity contribution is 5.98. The molecule has 5 aromatic rings. The largest absolute Gasteiger partial charge is 0.268 e. The van der Waals surface area contributed by atoms with Crippen LogP contribution in [0.25, 0.3) is 32.9 Å². The van der Waals surface area contributed by atoms with E-state index in [1.54, 1.807) is 0 Å². The lowest BCUT2D eigenvalue weighted by molar-refractivity contribution is 0.627. The molecule has 0 radical (unpaired) electrons. The van der Waals surface area contributed by atoms with Crippen LogP contribution in [0.5, 0.6) is 0 Å². The number of aromatic nitrogens is 2. The van der Waals surface area contributed by atoms with Crippen molar-refractivity contribution in [3.8, 4) is 11.4 Å². The topological polar surface area (TPSA) is 78.1 Å². The molecule has 0 aliphatic heterocycles. The van der Waals surface area contributed by atoms with Crippen molar-refractivity contribution >= 4 is 21.5 Å². The predicted molar refractivity (Wildman–Crippen MR) is 107 cm³/mol. The molecule has 2 aromatic heterocycles. The molecule has 0 aliphatic carbocycles. The number of nitrogens with zero attached hydrogens (tertiary/aromatic N) is 2.